The highest BCUT2D eigenvalue weighted by Gasteiger charge is 2.15. The van der Waals surface area contributed by atoms with Crippen molar-refractivity contribution in [2.45, 2.75) is 32.1 Å². The molecular weight excluding hydrogens is 419 g/mol. The third kappa shape index (κ3) is 6.86. The number of halogens is 3. The van der Waals surface area contributed by atoms with E-state index in [1.54, 1.807) is 25.2 Å². The molecule has 0 bridgehead atoms. The predicted molar refractivity (Wildman–Crippen MR) is 95.7 cm³/mol. The topological polar surface area (TPSA) is 54.9 Å². The molecule has 5 nitrogen and oxygen atoms in total. The number of nitrogens with zero attached hydrogens (tertiary/aromatic N) is 1. The zero-order valence-electron chi connectivity index (χ0n) is 12.9. The maximum atomic E-state index is 12.4. The molecule has 0 aliphatic carbocycles. The van der Waals surface area contributed by atoms with Gasteiger partial charge >= 0.3 is 6.61 Å². The molecule has 2 N–H and O–H groups in total. The molecule has 1 aliphatic rings. The van der Waals surface area contributed by atoms with Crippen LogP contribution in [0.2, 0.25) is 0 Å². The zero-order valence-corrected chi connectivity index (χ0v) is 15.3. The number of aliphatic imine (C=N–C) groups is 1. The summed E-state index contributed by atoms with van der Waals surface area (Å²) < 4.78 is 34.8. The number of nitrogens with one attached hydrogen (secondary N) is 2. The molecule has 1 unspecified atom stereocenters. The Kier molecular flexibility index (Phi) is 9.15. The Morgan fingerprint density at radius 1 is 1.39 bits per heavy atom. The van der Waals surface area contributed by atoms with E-state index in [1.165, 1.54) is 6.07 Å². The van der Waals surface area contributed by atoms with Crippen molar-refractivity contribution in [1.82, 2.24) is 10.6 Å². The van der Waals surface area contributed by atoms with Crippen molar-refractivity contribution in [2.24, 2.45) is 4.99 Å². The van der Waals surface area contributed by atoms with Gasteiger partial charge in [-0.25, -0.2) is 0 Å². The van der Waals surface area contributed by atoms with E-state index >= 15 is 0 Å². The largest absolute Gasteiger partial charge is 0.434 e. The van der Waals surface area contributed by atoms with Crippen molar-refractivity contribution >= 4 is 29.9 Å². The summed E-state index contributed by atoms with van der Waals surface area (Å²) in [6.45, 7) is -1.02. The summed E-state index contributed by atoms with van der Waals surface area (Å²) in [6.07, 6.45) is 2.32. The van der Waals surface area contributed by atoms with Crippen LogP contribution in [0.3, 0.4) is 0 Å². The molecule has 0 spiro atoms. The summed E-state index contributed by atoms with van der Waals surface area (Å²) >= 11 is 0. The highest BCUT2D eigenvalue weighted by molar-refractivity contribution is 14.0. The highest BCUT2D eigenvalue weighted by atomic mass is 127. The predicted octanol–water partition coefficient (Wildman–Crippen LogP) is 2.75. The lowest BCUT2D eigenvalue weighted by Crippen LogP contribution is -2.40. The van der Waals surface area contributed by atoms with Crippen molar-refractivity contribution < 1.29 is 18.3 Å². The van der Waals surface area contributed by atoms with E-state index < -0.39 is 6.61 Å². The van der Waals surface area contributed by atoms with Gasteiger partial charge in [0, 0.05) is 32.3 Å². The fourth-order valence-electron chi connectivity index (χ4n) is 2.28. The van der Waals surface area contributed by atoms with Crippen molar-refractivity contribution in [3.63, 3.8) is 0 Å². The first-order valence-corrected chi connectivity index (χ1v) is 7.28. The van der Waals surface area contributed by atoms with Gasteiger partial charge in [0.2, 0.25) is 0 Å². The van der Waals surface area contributed by atoms with Gasteiger partial charge in [-0.1, -0.05) is 18.2 Å². The molecule has 1 saturated heterocycles. The van der Waals surface area contributed by atoms with Gasteiger partial charge in [0.05, 0.1) is 6.10 Å². The van der Waals surface area contributed by atoms with E-state index in [-0.39, 0.29) is 35.8 Å². The molecule has 0 aromatic heterocycles. The number of benzene rings is 1. The van der Waals surface area contributed by atoms with Gasteiger partial charge in [0.15, 0.2) is 5.96 Å². The highest BCUT2D eigenvalue weighted by Crippen LogP contribution is 2.19. The lowest BCUT2D eigenvalue weighted by Gasteiger charge is -2.16. The van der Waals surface area contributed by atoms with E-state index in [2.05, 4.69) is 20.4 Å². The van der Waals surface area contributed by atoms with Crippen LogP contribution in [0.1, 0.15) is 18.4 Å². The molecule has 0 saturated carbocycles. The van der Waals surface area contributed by atoms with E-state index in [0.717, 1.165) is 19.4 Å². The molecular formula is C15H22F2IN3O2. The molecule has 2 rings (SSSR count). The molecule has 1 fully saturated rings. The van der Waals surface area contributed by atoms with Crippen LogP contribution >= 0.6 is 24.0 Å². The molecule has 0 radical (unpaired) electrons. The fourth-order valence-corrected chi connectivity index (χ4v) is 2.28. The van der Waals surface area contributed by atoms with Crippen LogP contribution in [0.15, 0.2) is 29.3 Å². The number of guanidine groups is 1. The maximum Gasteiger partial charge on any atom is 0.387 e. The summed E-state index contributed by atoms with van der Waals surface area (Å²) in [7, 11) is 1.66. The lowest BCUT2D eigenvalue weighted by atomic mass is 10.2. The van der Waals surface area contributed by atoms with E-state index in [1.807, 2.05) is 0 Å². The number of ether oxygens (including phenoxy) is 2. The van der Waals surface area contributed by atoms with Crippen molar-refractivity contribution in [3.8, 4) is 5.75 Å². The zero-order chi connectivity index (χ0) is 15.8. The van der Waals surface area contributed by atoms with Gasteiger partial charge in [0.1, 0.15) is 5.75 Å². The maximum absolute atomic E-state index is 12.4. The van der Waals surface area contributed by atoms with Gasteiger partial charge in [-0.05, 0) is 18.9 Å². The number of hydrogen-bond donors (Lipinski definition) is 2. The number of hydrogen-bond acceptors (Lipinski definition) is 3. The SMILES string of the molecule is CN=C(NCc1ccccc1OC(F)F)NCC1CCCO1.I. The summed E-state index contributed by atoms with van der Waals surface area (Å²) in [5.41, 5.74) is 0.642. The minimum atomic E-state index is -2.84. The average molecular weight is 441 g/mol. The van der Waals surface area contributed by atoms with Gasteiger partial charge in [0.25, 0.3) is 0 Å². The van der Waals surface area contributed by atoms with Crippen molar-refractivity contribution in [2.75, 3.05) is 20.2 Å². The van der Waals surface area contributed by atoms with Gasteiger partial charge in [-0.15, -0.1) is 24.0 Å². The monoisotopic (exact) mass is 441 g/mol. The Morgan fingerprint density at radius 2 is 2.17 bits per heavy atom. The Bertz CT molecular complexity index is 497. The van der Waals surface area contributed by atoms with Gasteiger partial charge in [-0.2, -0.15) is 8.78 Å². The normalized spacial score (nSPS) is 17.7. The first-order chi connectivity index (χ1) is 10.7. The van der Waals surface area contributed by atoms with Crippen LogP contribution < -0.4 is 15.4 Å². The molecule has 1 aromatic rings. The minimum Gasteiger partial charge on any atom is -0.434 e. The molecule has 23 heavy (non-hydrogen) atoms. The third-order valence-electron chi connectivity index (χ3n) is 3.38. The summed E-state index contributed by atoms with van der Waals surface area (Å²) in [5.74, 6) is 0.766. The van der Waals surface area contributed by atoms with Gasteiger partial charge in [-0.3, -0.25) is 4.99 Å². The van der Waals surface area contributed by atoms with Crippen LogP contribution in [-0.4, -0.2) is 38.9 Å². The van der Waals surface area contributed by atoms with Crippen LogP contribution in [-0.2, 0) is 11.3 Å². The Morgan fingerprint density at radius 3 is 2.83 bits per heavy atom. The number of para-hydroxylation sites is 1. The molecule has 130 valence electrons. The summed E-state index contributed by atoms with van der Waals surface area (Å²) in [6, 6.07) is 6.69. The Hall–Kier alpha value is -1.16. The van der Waals surface area contributed by atoms with Crippen molar-refractivity contribution in [1.29, 1.82) is 0 Å². The third-order valence-corrected chi connectivity index (χ3v) is 3.38. The summed E-state index contributed by atoms with van der Waals surface area (Å²) in [5, 5.41) is 6.25. The second-order valence-electron chi connectivity index (χ2n) is 4.93. The van der Waals surface area contributed by atoms with Crippen LogP contribution in [0.4, 0.5) is 8.78 Å². The Labute approximate surface area is 151 Å². The minimum absolute atomic E-state index is 0. The molecule has 8 heteroatoms. The van der Waals surface area contributed by atoms with E-state index in [4.69, 9.17) is 4.74 Å². The molecule has 1 aromatic carbocycles. The van der Waals surface area contributed by atoms with Gasteiger partial charge < -0.3 is 20.1 Å². The first-order valence-electron chi connectivity index (χ1n) is 7.28. The number of alkyl halides is 2. The smallest absolute Gasteiger partial charge is 0.387 e. The average Bonchev–Trinajstić information content (AvgIpc) is 3.01. The second-order valence-corrected chi connectivity index (χ2v) is 4.93. The Balaban J connectivity index is 0.00000264. The van der Waals surface area contributed by atoms with Crippen LogP contribution in [0.25, 0.3) is 0 Å². The fraction of sp³-hybridized carbons (Fsp3) is 0.533. The van der Waals surface area contributed by atoms with Crippen molar-refractivity contribution in [3.05, 3.63) is 29.8 Å². The standard InChI is InChI=1S/C15H21F2N3O2.HI/c1-18-15(20-10-12-6-4-8-21-12)19-9-11-5-2-3-7-13(11)22-14(16)17;/h2-3,5,7,12,14H,4,6,8-10H2,1H3,(H2,18,19,20);1H. The molecule has 0 amide bonds. The van der Waals surface area contributed by atoms with Crippen LogP contribution in [0, 0.1) is 0 Å². The summed E-state index contributed by atoms with van der Waals surface area (Å²) in [4.78, 5) is 4.10. The molecule has 1 heterocycles. The second kappa shape index (κ2) is 10.6. The number of rotatable bonds is 6. The molecule has 1 atom stereocenters. The van der Waals surface area contributed by atoms with E-state index in [0.29, 0.717) is 24.6 Å². The quantitative estimate of drug-likeness (QED) is 0.405. The van der Waals surface area contributed by atoms with Crippen LogP contribution in [0.5, 0.6) is 5.75 Å². The first kappa shape index (κ1) is 19.9. The lowest BCUT2D eigenvalue weighted by molar-refractivity contribution is -0.0504. The van der Waals surface area contributed by atoms with E-state index in [9.17, 15) is 8.78 Å². The molecule has 1 aliphatic heterocycles.